The van der Waals surface area contributed by atoms with Gasteiger partial charge in [0.25, 0.3) is 0 Å². The van der Waals surface area contributed by atoms with Gasteiger partial charge in [-0.15, -0.1) is 0 Å². The van der Waals surface area contributed by atoms with Crippen LogP contribution in [-0.4, -0.2) is 25.7 Å². The van der Waals surface area contributed by atoms with Crippen LogP contribution in [0.4, 0.5) is 0 Å². The molecule has 1 amide bonds. The maximum Gasteiger partial charge on any atom is 0.220 e. The number of nitrogens with two attached hydrogens (primary N) is 1. The van der Waals surface area contributed by atoms with Gasteiger partial charge in [-0.05, 0) is 43.5 Å². The molecule has 0 saturated heterocycles. The molecular weight excluding hydrogens is 292 g/mol. The van der Waals surface area contributed by atoms with E-state index in [2.05, 4.69) is 12.2 Å². The molecule has 3 N–H and O–H groups in total. The monoisotopic (exact) mass is 320 g/mol. The van der Waals surface area contributed by atoms with Crippen LogP contribution in [0.25, 0.3) is 0 Å². The van der Waals surface area contributed by atoms with Gasteiger partial charge in [0.2, 0.25) is 5.91 Å². The second kappa shape index (κ2) is 9.40. The molecule has 0 saturated carbocycles. The van der Waals surface area contributed by atoms with Gasteiger partial charge in [0.15, 0.2) is 11.5 Å². The Kier molecular flexibility index (Phi) is 7.20. The zero-order chi connectivity index (χ0) is 16.5. The standard InChI is InChI=1S/C18H28N2O3/c1-2-15(20-18(21)7-5-3-4-6-10-19)14-8-9-16-17(13-14)23-12-11-22-16/h8-9,13,15H,2-7,10-12,19H2,1H3,(H,20,21). The molecule has 0 bridgehead atoms. The van der Waals surface area contributed by atoms with E-state index in [1.807, 2.05) is 18.2 Å². The number of amides is 1. The minimum absolute atomic E-state index is 0.0161. The van der Waals surface area contributed by atoms with Gasteiger partial charge in [0, 0.05) is 6.42 Å². The Balaban J connectivity index is 1.85. The van der Waals surface area contributed by atoms with E-state index in [1.54, 1.807) is 0 Å². The van der Waals surface area contributed by atoms with Crippen LogP contribution in [0, 0.1) is 0 Å². The van der Waals surface area contributed by atoms with E-state index in [4.69, 9.17) is 15.2 Å². The minimum Gasteiger partial charge on any atom is -0.486 e. The largest absolute Gasteiger partial charge is 0.486 e. The van der Waals surface area contributed by atoms with Gasteiger partial charge in [0.1, 0.15) is 13.2 Å². The van der Waals surface area contributed by atoms with Crippen LogP contribution in [0.3, 0.4) is 0 Å². The van der Waals surface area contributed by atoms with Gasteiger partial charge >= 0.3 is 0 Å². The summed E-state index contributed by atoms with van der Waals surface area (Å²) in [5.41, 5.74) is 6.53. The third kappa shape index (κ3) is 5.43. The number of fused-ring (bicyclic) bond motifs is 1. The van der Waals surface area contributed by atoms with Crippen molar-refractivity contribution in [2.24, 2.45) is 5.73 Å². The van der Waals surface area contributed by atoms with Gasteiger partial charge in [-0.25, -0.2) is 0 Å². The summed E-state index contributed by atoms with van der Waals surface area (Å²) >= 11 is 0. The molecule has 0 aliphatic carbocycles. The Bertz CT molecular complexity index is 505. The van der Waals surface area contributed by atoms with E-state index in [-0.39, 0.29) is 11.9 Å². The fraction of sp³-hybridized carbons (Fsp3) is 0.611. The molecule has 2 rings (SSSR count). The maximum atomic E-state index is 12.1. The molecule has 1 aliphatic rings. The first-order chi connectivity index (χ1) is 11.2. The van der Waals surface area contributed by atoms with Crippen LogP contribution in [0.5, 0.6) is 11.5 Å². The van der Waals surface area contributed by atoms with Crippen molar-refractivity contribution in [2.45, 2.75) is 51.5 Å². The number of nitrogens with one attached hydrogen (secondary N) is 1. The van der Waals surface area contributed by atoms with Crippen molar-refractivity contribution in [3.8, 4) is 11.5 Å². The van der Waals surface area contributed by atoms with E-state index in [9.17, 15) is 4.79 Å². The van der Waals surface area contributed by atoms with E-state index in [0.717, 1.165) is 55.7 Å². The van der Waals surface area contributed by atoms with Gasteiger partial charge in [-0.3, -0.25) is 4.79 Å². The predicted octanol–water partition coefficient (Wildman–Crippen LogP) is 2.93. The van der Waals surface area contributed by atoms with Crippen molar-refractivity contribution >= 4 is 5.91 Å². The number of ether oxygens (including phenoxy) is 2. The highest BCUT2D eigenvalue weighted by atomic mass is 16.6. The normalized spacial score (nSPS) is 14.3. The number of carbonyl (C=O) groups is 1. The van der Waals surface area contributed by atoms with Crippen LogP contribution in [0.15, 0.2) is 18.2 Å². The third-order valence-corrected chi connectivity index (χ3v) is 4.07. The Labute approximate surface area is 138 Å². The van der Waals surface area contributed by atoms with Crippen molar-refractivity contribution in [1.29, 1.82) is 0 Å². The van der Waals surface area contributed by atoms with E-state index >= 15 is 0 Å². The topological polar surface area (TPSA) is 73.6 Å². The lowest BCUT2D eigenvalue weighted by atomic mass is 10.0. The van der Waals surface area contributed by atoms with Crippen LogP contribution < -0.4 is 20.5 Å². The van der Waals surface area contributed by atoms with Crippen LogP contribution >= 0.6 is 0 Å². The molecule has 0 radical (unpaired) electrons. The summed E-state index contributed by atoms with van der Waals surface area (Å²) in [5.74, 6) is 1.66. The second-order valence-electron chi connectivity index (χ2n) is 5.88. The fourth-order valence-corrected chi connectivity index (χ4v) is 2.75. The molecule has 1 aliphatic heterocycles. The van der Waals surface area contributed by atoms with Crippen LogP contribution in [0.2, 0.25) is 0 Å². The Hall–Kier alpha value is -1.75. The number of hydrogen-bond donors (Lipinski definition) is 2. The summed E-state index contributed by atoms with van der Waals surface area (Å²) in [5, 5.41) is 3.12. The zero-order valence-corrected chi connectivity index (χ0v) is 14.0. The van der Waals surface area contributed by atoms with Gasteiger partial charge < -0.3 is 20.5 Å². The zero-order valence-electron chi connectivity index (χ0n) is 14.0. The second-order valence-corrected chi connectivity index (χ2v) is 5.88. The molecule has 1 aromatic carbocycles. The van der Waals surface area contributed by atoms with E-state index in [0.29, 0.717) is 19.6 Å². The Morgan fingerprint density at radius 2 is 1.91 bits per heavy atom. The highest BCUT2D eigenvalue weighted by molar-refractivity contribution is 5.76. The van der Waals surface area contributed by atoms with Crippen molar-refractivity contribution < 1.29 is 14.3 Å². The molecule has 0 spiro atoms. The van der Waals surface area contributed by atoms with Crippen molar-refractivity contribution in [1.82, 2.24) is 5.32 Å². The lowest BCUT2D eigenvalue weighted by Crippen LogP contribution is -2.28. The summed E-state index contributed by atoms with van der Waals surface area (Å²) in [6.45, 7) is 3.96. The first kappa shape index (κ1) is 17.6. The molecule has 5 nitrogen and oxygen atoms in total. The SMILES string of the molecule is CCC(NC(=O)CCCCCCN)c1ccc2c(c1)OCCO2. The van der Waals surface area contributed by atoms with Gasteiger partial charge in [0.05, 0.1) is 6.04 Å². The Morgan fingerprint density at radius 3 is 2.65 bits per heavy atom. The smallest absolute Gasteiger partial charge is 0.220 e. The summed E-state index contributed by atoms with van der Waals surface area (Å²) in [6.07, 6.45) is 5.54. The maximum absolute atomic E-state index is 12.1. The lowest BCUT2D eigenvalue weighted by Gasteiger charge is -2.22. The average molecular weight is 320 g/mol. The molecule has 1 unspecified atom stereocenters. The molecule has 128 valence electrons. The van der Waals surface area contributed by atoms with Crippen LogP contribution in [-0.2, 0) is 4.79 Å². The van der Waals surface area contributed by atoms with Gasteiger partial charge in [-0.1, -0.05) is 25.8 Å². The van der Waals surface area contributed by atoms with E-state index < -0.39 is 0 Å². The highest BCUT2D eigenvalue weighted by Gasteiger charge is 2.17. The molecule has 5 heteroatoms. The molecule has 1 heterocycles. The van der Waals surface area contributed by atoms with Crippen molar-refractivity contribution in [3.63, 3.8) is 0 Å². The molecule has 1 aromatic rings. The molecule has 1 atom stereocenters. The average Bonchev–Trinajstić information content (AvgIpc) is 2.59. The first-order valence-corrected chi connectivity index (χ1v) is 8.63. The highest BCUT2D eigenvalue weighted by Crippen LogP contribution is 2.33. The number of unbranched alkanes of at least 4 members (excludes halogenated alkanes) is 3. The Morgan fingerprint density at radius 1 is 1.17 bits per heavy atom. The number of carbonyl (C=O) groups excluding carboxylic acids is 1. The number of rotatable bonds is 9. The van der Waals surface area contributed by atoms with Crippen molar-refractivity contribution in [3.05, 3.63) is 23.8 Å². The van der Waals surface area contributed by atoms with E-state index in [1.165, 1.54) is 0 Å². The number of hydrogen-bond acceptors (Lipinski definition) is 4. The minimum atomic E-state index is 0.0161. The molecular formula is C18H28N2O3. The summed E-state index contributed by atoms with van der Waals surface area (Å²) in [4.78, 5) is 12.1. The molecule has 0 fully saturated rings. The van der Waals surface area contributed by atoms with Gasteiger partial charge in [-0.2, -0.15) is 0 Å². The summed E-state index contributed by atoms with van der Waals surface area (Å²) in [7, 11) is 0. The first-order valence-electron chi connectivity index (χ1n) is 8.63. The summed E-state index contributed by atoms with van der Waals surface area (Å²) in [6, 6.07) is 5.92. The predicted molar refractivity (Wildman–Crippen MR) is 90.7 cm³/mol. The van der Waals surface area contributed by atoms with Crippen LogP contribution in [0.1, 0.15) is 57.1 Å². The number of benzene rings is 1. The molecule has 0 aromatic heterocycles. The van der Waals surface area contributed by atoms with Crippen molar-refractivity contribution in [2.75, 3.05) is 19.8 Å². The fourth-order valence-electron chi connectivity index (χ4n) is 2.75. The quantitative estimate of drug-likeness (QED) is 0.686. The molecule has 23 heavy (non-hydrogen) atoms. The third-order valence-electron chi connectivity index (χ3n) is 4.07. The lowest BCUT2D eigenvalue weighted by molar-refractivity contribution is -0.122. The summed E-state index contributed by atoms with van der Waals surface area (Å²) < 4.78 is 11.2.